The highest BCUT2D eigenvalue weighted by molar-refractivity contribution is 7.90. The third-order valence-electron chi connectivity index (χ3n) is 6.06. The Morgan fingerprint density at radius 2 is 1.72 bits per heavy atom. The number of ether oxygens (including phenoxy) is 1. The van der Waals surface area contributed by atoms with Gasteiger partial charge in [-0.05, 0) is 55.5 Å². The van der Waals surface area contributed by atoms with Crippen molar-refractivity contribution in [3.8, 4) is 22.8 Å². The molecule has 0 aliphatic rings. The number of aromatic nitrogens is 3. The number of benzene rings is 2. The van der Waals surface area contributed by atoms with Crippen LogP contribution in [-0.4, -0.2) is 27.8 Å². The molecule has 0 saturated carbocycles. The highest BCUT2D eigenvalue weighted by atomic mass is 32.2. The van der Waals surface area contributed by atoms with Crippen molar-refractivity contribution in [2.24, 2.45) is 7.05 Å². The number of rotatable bonds is 6. The summed E-state index contributed by atoms with van der Waals surface area (Å²) in [5.41, 5.74) is 1.47. The Bertz CT molecular complexity index is 1890. The SMILES string of the molecule is CC(=O)Nc1cnc(Oc2ccc(F)cc2)c(-c2cn(C)c(=O)c3c2ccn3S(=O)(=O)c2ccc(C)cc2)c1. The maximum atomic E-state index is 13.5. The van der Waals surface area contributed by atoms with Gasteiger partial charge in [0.1, 0.15) is 17.1 Å². The zero-order chi connectivity index (χ0) is 27.9. The lowest BCUT2D eigenvalue weighted by molar-refractivity contribution is -0.114. The number of halogens is 1. The molecular weight excluding hydrogens is 523 g/mol. The van der Waals surface area contributed by atoms with Gasteiger partial charge in [-0.15, -0.1) is 0 Å². The van der Waals surface area contributed by atoms with Crippen LogP contribution in [0.5, 0.6) is 11.6 Å². The van der Waals surface area contributed by atoms with E-state index in [9.17, 15) is 22.4 Å². The first kappa shape index (κ1) is 25.9. The molecule has 0 radical (unpaired) electrons. The van der Waals surface area contributed by atoms with Gasteiger partial charge in [-0.25, -0.2) is 21.8 Å². The van der Waals surface area contributed by atoms with Crippen molar-refractivity contribution in [3.63, 3.8) is 0 Å². The van der Waals surface area contributed by atoms with Gasteiger partial charge in [0.2, 0.25) is 11.8 Å². The average Bonchev–Trinajstić information content (AvgIpc) is 3.35. The predicted octanol–water partition coefficient (Wildman–Crippen LogP) is 4.84. The van der Waals surface area contributed by atoms with E-state index in [0.717, 1.165) is 9.54 Å². The molecular formula is C28H23FN4O5S. The number of hydrogen-bond donors (Lipinski definition) is 1. The van der Waals surface area contributed by atoms with Crippen LogP contribution in [0.4, 0.5) is 10.1 Å². The van der Waals surface area contributed by atoms with Crippen molar-refractivity contribution >= 4 is 32.5 Å². The van der Waals surface area contributed by atoms with Gasteiger partial charge in [-0.2, -0.15) is 0 Å². The molecule has 0 fully saturated rings. The second kappa shape index (κ2) is 9.84. The molecule has 0 atom stereocenters. The molecule has 198 valence electrons. The molecule has 0 unspecified atom stereocenters. The first-order chi connectivity index (χ1) is 18.5. The third kappa shape index (κ3) is 4.91. The Morgan fingerprint density at radius 1 is 1.03 bits per heavy atom. The maximum absolute atomic E-state index is 13.5. The van der Waals surface area contributed by atoms with E-state index in [1.807, 2.05) is 6.92 Å². The van der Waals surface area contributed by atoms with Crippen LogP contribution in [0.3, 0.4) is 0 Å². The number of nitrogens with one attached hydrogen (secondary N) is 1. The minimum atomic E-state index is -4.10. The van der Waals surface area contributed by atoms with Crippen LogP contribution in [-0.2, 0) is 21.9 Å². The van der Waals surface area contributed by atoms with Gasteiger partial charge < -0.3 is 14.6 Å². The molecule has 0 aliphatic carbocycles. The number of nitrogens with zero attached hydrogens (tertiary/aromatic N) is 3. The zero-order valence-corrected chi connectivity index (χ0v) is 22.0. The largest absolute Gasteiger partial charge is 0.438 e. The second-order valence-electron chi connectivity index (χ2n) is 8.96. The standard InChI is InChI=1S/C28H23FN4O5S/c1-17-4-10-22(11-5-17)39(36,37)33-13-12-23-25(16-32(3)28(35)26(23)33)24-14-20(31-18(2)34)15-30-27(24)38-21-8-6-19(29)7-9-21/h4-16H,1-3H3,(H,31,34). The van der Waals surface area contributed by atoms with E-state index in [0.29, 0.717) is 28.0 Å². The van der Waals surface area contributed by atoms with Gasteiger partial charge in [-0.1, -0.05) is 17.7 Å². The van der Waals surface area contributed by atoms with Gasteiger partial charge in [0, 0.05) is 42.9 Å². The predicted molar refractivity (Wildman–Crippen MR) is 145 cm³/mol. The number of pyridine rings is 2. The summed E-state index contributed by atoms with van der Waals surface area (Å²) in [6, 6.07) is 14.8. The Morgan fingerprint density at radius 3 is 2.38 bits per heavy atom. The summed E-state index contributed by atoms with van der Waals surface area (Å²) in [6.45, 7) is 3.20. The highest BCUT2D eigenvalue weighted by Gasteiger charge is 2.24. The average molecular weight is 547 g/mol. The van der Waals surface area contributed by atoms with Crippen LogP contribution < -0.4 is 15.6 Å². The molecule has 11 heteroatoms. The topological polar surface area (TPSA) is 112 Å². The van der Waals surface area contributed by atoms with Gasteiger partial charge in [0.15, 0.2) is 0 Å². The molecule has 9 nitrogen and oxygen atoms in total. The molecule has 1 amide bonds. The Hall–Kier alpha value is -4.77. The molecule has 5 aromatic rings. The summed E-state index contributed by atoms with van der Waals surface area (Å²) in [6.07, 6.45) is 4.27. The van der Waals surface area contributed by atoms with Crippen LogP contribution in [0, 0.1) is 12.7 Å². The Balaban J connectivity index is 1.74. The minimum absolute atomic E-state index is 0.0349. The van der Waals surface area contributed by atoms with Gasteiger partial charge in [-0.3, -0.25) is 9.59 Å². The molecule has 0 spiro atoms. The molecule has 39 heavy (non-hydrogen) atoms. The van der Waals surface area contributed by atoms with E-state index in [1.165, 1.54) is 73.4 Å². The molecule has 0 bridgehead atoms. The number of fused-ring (bicyclic) bond motifs is 1. The van der Waals surface area contributed by atoms with Crippen LogP contribution >= 0.6 is 0 Å². The quantitative estimate of drug-likeness (QED) is 0.326. The van der Waals surface area contributed by atoms with Crippen LogP contribution in [0.25, 0.3) is 22.0 Å². The van der Waals surface area contributed by atoms with E-state index in [1.54, 1.807) is 24.4 Å². The molecule has 2 aromatic carbocycles. The highest BCUT2D eigenvalue weighted by Crippen LogP contribution is 2.37. The molecule has 0 aliphatic heterocycles. The van der Waals surface area contributed by atoms with E-state index >= 15 is 0 Å². The summed E-state index contributed by atoms with van der Waals surface area (Å²) < 4.78 is 48.7. The molecule has 0 saturated heterocycles. The van der Waals surface area contributed by atoms with E-state index in [-0.39, 0.29) is 22.2 Å². The normalized spacial score (nSPS) is 11.5. The van der Waals surface area contributed by atoms with E-state index in [4.69, 9.17) is 4.74 Å². The number of anilines is 1. The van der Waals surface area contributed by atoms with Crippen molar-refractivity contribution in [2.75, 3.05) is 5.32 Å². The number of aryl methyl sites for hydroxylation is 2. The number of carbonyl (C=O) groups excluding carboxylic acids is 1. The smallest absolute Gasteiger partial charge is 0.275 e. The number of carbonyl (C=O) groups is 1. The minimum Gasteiger partial charge on any atom is -0.438 e. The molecule has 1 N–H and O–H groups in total. The van der Waals surface area contributed by atoms with Crippen molar-refractivity contribution in [1.29, 1.82) is 0 Å². The van der Waals surface area contributed by atoms with Crippen LogP contribution in [0.2, 0.25) is 0 Å². The molecule has 5 rings (SSSR count). The lowest BCUT2D eigenvalue weighted by atomic mass is 10.0. The Labute approximate surface area is 223 Å². The van der Waals surface area contributed by atoms with Crippen molar-refractivity contribution in [1.82, 2.24) is 13.5 Å². The van der Waals surface area contributed by atoms with Crippen molar-refractivity contribution in [3.05, 3.63) is 101 Å². The fraction of sp³-hybridized carbons (Fsp3) is 0.107. The number of amides is 1. The maximum Gasteiger partial charge on any atom is 0.275 e. The van der Waals surface area contributed by atoms with E-state index < -0.39 is 21.4 Å². The Kier molecular flexibility index (Phi) is 6.52. The monoisotopic (exact) mass is 546 g/mol. The fourth-order valence-corrected chi connectivity index (χ4v) is 5.53. The summed E-state index contributed by atoms with van der Waals surface area (Å²) >= 11 is 0. The van der Waals surface area contributed by atoms with Gasteiger partial charge in [0.05, 0.1) is 16.8 Å². The fourth-order valence-electron chi connectivity index (χ4n) is 4.18. The zero-order valence-electron chi connectivity index (χ0n) is 21.2. The van der Waals surface area contributed by atoms with Crippen LogP contribution in [0.1, 0.15) is 12.5 Å². The lowest BCUT2D eigenvalue weighted by Crippen LogP contribution is -2.22. The summed E-state index contributed by atoms with van der Waals surface area (Å²) in [5, 5.41) is 3.00. The van der Waals surface area contributed by atoms with E-state index in [2.05, 4.69) is 10.3 Å². The second-order valence-corrected chi connectivity index (χ2v) is 10.8. The third-order valence-corrected chi connectivity index (χ3v) is 7.75. The number of hydrogen-bond acceptors (Lipinski definition) is 6. The first-order valence-electron chi connectivity index (χ1n) is 11.8. The van der Waals surface area contributed by atoms with Crippen molar-refractivity contribution < 1.29 is 22.3 Å². The van der Waals surface area contributed by atoms with Gasteiger partial charge in [0.25, 0.3) is 15.6 Å². The lowest BCUT2D eigenvalue weighted by Gasteiger charge is -2.15. The van der Waals surface area contributed by atoms with Gasteiger partial charge >= 0.3 is 0 Å². The summed E-state index contributed by atoms with van der Waals surface area (Å²) in [5.74, 6) is -0.355. The summed E-state index contributed by atoms with van der Waals surface area (Å²) in [4.78, 5) is 29.4. The summed E-state index contributed by atoms with van der Waals surface area (Å²) in [7, 11) is -2.59. The molecule has 3 heterocycles. The van der Waals surface area contributed by atoms with Crippen molar-refractivity contribution in [2.45, 2.75) is 18.7 Å². The van der Waals surface area contributed by atoms with Crippen LogP contribution in [0.15, 0.2) is 88.9 Å². The molecule has 3 aromatic heterocycles. The first-order valence-corrected chi connectivity index (χ1v) is 13.2.